The summed E-state index contributed by atoms with van der Waals surface area (Å²) in [6, 6.07) is 29.3. The maximum absolute atomic E-state index is 12.5. The van der Waals surface area contributed by atoms with Crippen LogP contribution in [0, 0.1) is 0 Å². The number of ether oxygens (including phenoxy) is 3. The quantitative estimate of drug-likeness (QED) is 0.323. The summed E-state index contributed by atoms with van der Waals surface area (Å²) < 4.78 is 18.6. The predicted molar refractivity (Wildman–Crippen MR) is 144 cm³/mol. The molecule has 2 aliphatic heterocycles. The van der Waals surface area contributed by atoms with Gasteiger partial charge in [0.1, 0.15) is 17.2 Å². The number of para-hydroxylation sites is 1. The molecule has 0 saturated carbocycles. The molecular weight excluding hydrogens is 464 g/mol. The second kappa shape index (κ2) is 9.30. The fourth-order valence-corrected chi connectivity index (χ4v) is 5.35. The van der Waals surface area contributed by atoms with E-state index >= 15 is 0 Å². The Balaban J connectivity index is 1.42. The molecule has 0 bridgehead atoms. The number of fused-ring (bicyclic) bond motifs is 6. The minimum Gasteiger partial charge on any atom is -0.456 e. The molecule has 186 valence electrons. The van der Waals surface area contributed by atoms with Crippen molar-refractivity contribution >= 4 is 17.5 Å². The Morgan fingerprint density at radius 3 is 2.35 bits per heavy atom. The SMILES string of the molecule is CCN(CC)c1ccc2c(c1)Oc1cc(NC(=O)Oc3ccccc3)ccc1C21OCc2ccccc21. The zero-order valence-corrected chi connectivity index (χ0v) is 20.9. The summed E-state index contributed by atoms with van der Waals surface area (Å²) >= 11 is 0. The molecule has 0 fully saturated rings. The number of rotatable bonds is 5. The number of amides is 1. The van der Waals surface area contributed by atoms with Crippen LogP contribution in [-0.2, 0) is 16.9 Å². The normalized spacial score (nSPS) is 16.8. The van der Waals surface area contributed by atoms with E-state index in [1.165, 1.54) is 0 Å². The summed E-state index contributed by atoms with van der Waals surface area (Å²) in [5.41, 5.74) is 5.03. The number of carbonyl (C=O) groups excluding carboxylic acids is 1. The summed E-state index contributed by atoms with van der Waals surface area (Å²) in [5.74, 6) is 1.86. The largest absolute Gasteiger partial charge is 0.456 e. The van der Waals surface area contributed by atoms with Crippen molar-refractivity contribution in [1.29, 1.82) is 0 Å². The van der Waals surface area contributed by atoms with Gasteiger partial charge in [-0.3, -0.25) is 5.32 Å². The molecule has 0 radical (unpaired) electrons. The topological polar surface area (TPSA) is 60.0 Å². The van der Waals surface area contributed by atoms with Gasteiger partial charge in [-0.05, 0) is 61.4 Å². The van der Waals surface area contributed by atoms with Crippen LogP contribution in [0.25, 0.3) is 0 Å². The fourth-order valence-electron chi connectivity index (χ4n) is 5.35. The zero-order chi connectivity index (χ0) is 25.4. The van der Waals surface area contributed by atoms with Crippen LogP contribution in [0.15, 0.2) is 91.0 Å². The molecule has 0 aliphatic carbocycles. The lowest BCUT2D eigenvalue weighted by molar-refractivity contribution is 0.0200. The fraction of sp³-hybridized carbons (Fsp3) is 0.194. The highest BCUT2D eigenvalue weighted by Gasteiger charge is 2.49. The van der Waals surface area contributed by atoms with Crippen LogP contribution in [0.4, 0.5) is 16.2 Å². The van der Waals surface area contributed by atoms with Crippen molar-refractivity contribution in [3.63, 3.8) is 0 Å². The molecular formula is C31H28N2O4. The van der Waals surface area contributed by atoms with E-state index in [1.807, 2.05) is 48.5 Å². The average molecular weight is 493 g/mol. The van der Waals surface area contributed by atoms with Crippen molar-refractivity contribution in [2.45, 2.75) is 26.1 Å². The molecule has 4 aromatic rings. The smallest absolute Gasteiger partial charge is 0.417 e. The van der Waals surface area contributed by atoms with Crippen molar-refractivity contribution in [2.24, 2.45) is 0 Å². The van der Waals surface area contributed by atoms with Crippen LogP contribution in [0.1, 0.15) is 36.1 Å². The van der Waals surface area contributed by atoms with E-state index in [1.54, 1.807) is 12.1 Å². The molecule has 1 atom stereocenters. The summed E-state index contributed by atoms with van der Waals surface area (Å²) in [4.78, 5) is 14.8. The maximum atomic E-state index is 12.5. The molecule has 6 rings (SSSR count). The van der Waals surface area contributed by atoms with E-state index in [9.17, 15) is 4.79 Å². The number of nitrogens with one attached hydrogen (secondary N) is 1. The van der Waals surface area contributed by atoms with Gasteiger partial charge in [0.25, 0.3) is 0 Å². The van der Waals surface area contributed by atoms with Crippen molar-refractivity contribution in [1.82, 2.24) is 0 Å². The highest BCUT2D eigenvalue weighted by Crippen LogP contribution is 2.56. The van der Waals surface area contributed by atoms with Gasteiger partial charge in [-0.2, -0.15) is 0 Å². The van der Waals surface area contributed by atoms with Crippen LogP contribution in [0.3, 0.4) is 0 Å². The number of hydrogen-bond acceptors (Lipinski definition) is 5. The molecule has 0 saturated heterocycles. The molecule has 0 aromatic heterocycles. The molecule has 37 heavy (non-hydrogen) atoms. The van der Waals surface area contributed by atoms with Crippen molar-refractivity contribution in [3.8, 4) is 17.2 Å². The third kappa shape index (κ3) is 3.90. The molecule has 2 aliphatic rings. The van der Waals surface area contributed by atoms with Crippen molar-refractivity contribution < 1.29 is 19.0 Å². The molecule has 1 amide bonds. The van der Waals surface area contributed by atoms with Crippen molar-refractivity contribution in [3.05, 3.63) is 113 Å². The van der Waals surface area contributed by atoms with E-state index in [-0.39, 0.29) is 0 Å². The Labute approximate surface area is 216 Å². The highest BCUT2D eigenvalue weighted by atomic mass is 16.6. The molecule has 1 N–H and O–H groups in total. The van der Waals surface area contributed by atoms with Crippen LogP contribution in [0.2, 0.25) is 0 Å². The number of benzene rings is 4. The van der Waals surface area contributed by atoms with Crippen LogP contribution in [0.5, 0.6) is 17.2 Å². The summed E-state index contributed by atoms with van der Waals surface area (Å²) in [6.45, 7) is 6.59. The number of hydrogen-bond donors (Lipinski definition) is 1. The minimum atomic E-state index is -0.787. The third-order valence-electron chi connectivity index (χ3n) is 7.09. The van der Waals surface area contributed by atoms with Crippen LogP contribution in [-0.4, -0.2) is 19.2 Å². The van der Waals surface area contributed by atoms with E-state index in [0.29, 0.717) is 23.8 Å². The number of anilines is 2. The molecule has 1 unspecified atom stereocenters. The highest BCUT2D eigenvalue weighted by molar-refractivity contribution is 5.87. The first-order valence-electron chi connectivity index (χ1n) is 12.6. The second-order valence-corrected chi connectivity index (χ2v) is 9.12. The van der Waals surface area contributed by atoms with E-state index in [0.717, 1.165) is 46.8 Å². The summed E-state index contributed by atoms with van der Waals surface area (Å²) in [7, 11) is 0. The van der Waals surface area contributed by atoms with Gasteiger partial charge in [0, 0.05) is 47.7 Å². The van der Waals surface area contributed by atoms with Gasteiger partial charge in [0.15, 0.2) is 5.60 Å². The molecule has 1 spiro atoms. The maximum Gasteiger partial charge on any atom is 0.417 e. The zero-order valence-electron chi connectivity index (χ0n) is 20.9. The van der Waals surface area contributed by atoms with Gasteiger partial charge in [0.2, 0.25) is 0 Å². The second-order valence-electron chi connectivity index (χ2n) is 9.12. The van der Waals surface area contributed by atoms with Crippen LogP contribution < -0.4 is 19.7 Å². The number of nitrogens with zero attached hydrogens (tertiary/aromatic N) is 1. The summed E-state index contributed by atoms with van der Waals surface area (Å²) in [5, 5.41) is 2.82. The minimum absolute atomic E-state index is 0.474. The van der Waals surface area contributed by atoms with E-state index < -0.39 is 11.7 Å². The summed E-state index contributed by atoms with van der Waals surface area (Å²) in [6.07, 6.45) is -0.566. The van der Waals surface area contributed by atoms with E-state index in [4.69, 9.17) is 14.2 Å². The Morgan fingerprint density at radius 2 is 1.57 bits per heavy atom. The first-order valence-corrected chi connectivity index (χ1v) is 12.6. The Morgan fingerprint density at radius 1 is 0.865 bits per heavy atom. The Hall–Kier alpha value is -4.29. The lowest BCUT2D eigenvalue weighted by Crippen LogP contribution is -2.32. The van der Waals surface area contributed by atoms with Gasteiger partial charge in [0.05, 0.1) is 6.61 Å². The monoisotopic (exact) mass is 492 g/mol. The van der Waals surface area contributed by atoms with Gasteiger partial charge < -0.3 is 19.1 Å². The van der Waals surface area contributed by atoms with Gasteiger partial charge in [-0.15, -0.1) is 0 Å². The lowest BCUT2D eigenvalue weighted by atomic mass is 9.77. The first kappa shape index (κ1) is 23.1. The lowest BCUT2D eigenvalue weighted by Gasteiger charge is -2.38. The van der Waals surface area contributed by atoms with E-state index in [2.05, 4.69) is 54.4 Å². The first-order chi connectivity index (χ1) is 18.1. The molecule has 4 aromatic carbocycles. The average Bonchev–Trinajstić information content (AvgIpc) is 3.30. The number of carbonyl (C=O) groups is 1. The van der Waals surface area contributed by atoms with Gasteiger partial charge in [-0.1, -0.05) is 42.5 Å². The van der Waals surface area contributed by atoms with Crippen LogP contribution >= 0.6 is 0 Å². The standard InChI is InChI=1S/C31H28N2O4/c1-3-33(4-2)23-15-17-27-29(19-23)37-28-18-22(32-30(34)36-24-11-6-5-7-12-24)14-16-26(28)31(27)25-13-9-8-10-21(25)20-35-31/h5-19H,3-4,20H2,1-2H3,(H,32,34). The molecule has 6 nitrogen and oxygen atoms in total. The Kier molecular flexibility index (Phi) is 5.81. The van der Waals surface area contributed by atoms with Crippen molar-refractivity contribution in [2.75, 3.05) is 23.3 Å². The predicted octanol–water partition coefficient (Wildman–Crippen LogP) is 7.07. The third-order valence-corrected chi connectivity index (χ3v) is 7.09. The van der Waals surface area contributed by atoms with Gasteiger partial charge >= 0.3 is 6.09 Å². The molecule has 6 heteroatoms. The van der Waals surface area contributed by atoms with Gasteiger partial charge in [-0.25, -0.2) is 4.79 Å². The molecule has 2 heterocycles. The Bertz CT molecular complexity index is 1470.